The number of aromatic nitrogens is 8. The van der Waals surface area contributed by atoms with E-state index in [9.17, 15) is 14.2 Å². The van der Waals surface area contributed by atoms with Gasteiger partial charge in [-0.05, 0) is 0 Å². The molecule has 3 aliphatic heterocycles. The van der Waals surface area contributed by atoms with Crippen LogP contribution in [0.4, 0.5) is 16.0 Å². The van der Waals surface area contributed by atoms with Crippen molar-refractivity contribution in [3.63, 3.8) is 0 Å². The summed E-state index contributed by atoms with van der Waals surface area (Å²) in [5, 5.41) is 11.4. The zero-order chi connectivity index (χ0) is 32.4. The van der Waals surface area contributed by atoms with Crippen LogP contribution in [-0.2, 0) is 40.9 Å². The molecule has 244 valence electrons. The minimum atomic E-state index is -4.56. The number of fused-ring (bicyclic) bond motifs is 4. The molecule has 0 aliphatic carbocycles. The maximum Gasteiger partial charge on any atom is 0.416 e. The van der Waals surface area contributed by atoms with Crippen molar-refractivity contribution < 1.29 is 50.4 Å². The predicted molar refractivity (Wildman–Crippen MR) is 155 cm³/mol. The highest BCUT2D eigenvalue weighted by Crippen LogP contribution is 2.64. The molecule has 25 heteroatoms. The topological polar surface area (TPSA) is 258 Å². The summed E-state index contributed by atoms with van der Waals surface area (Å²) in [4.78, 5) is 24.3. The number of imidazole rings is 2. The van der Waals surface area contributed by atoms with Crippen molar-refractivity contribution in [3.8, 4) is 0 Å². The third-order valence-corrected chi connectivity index (χ3v) is 11.3. The first kappa shape index (κ1) is 31.8. The fourth-order valence-corrected chi connectivity index (χ4v) is 8.84. The van der Waals surface area contributed by atoms with Crippen LogP contribution in [0.2, 0.25) is 0 Å². The number of rotatable bonds is 4. The van der Waals surface area contributed by atoms with Crippen molar-refractivity contribution in [2.24, 2.45) is 0 Å². The fraction of sp³-hybridized carbons (Fsp3) is 0.524. The van der Waals surface area contributed by atoms with Gasteiger partial charge in [0.25, 0.3) is 7.47 Å². The Labute approximate surface area is 263 Å². The molecular formula is C21H24BFN10O10P2S. The van der Waals surface area contributed by atoms with Gasteiger partial charge in [0.15, 0.2) is 41.6 Å². The molecule has 4 aromatic heterocycles. The number of nitrogen functional groups attached to an aromatic ring is 2. The van der Waals surface area contributed by atoms with Gasteiger partial charge in [-0.3, -0.25) is 22.7 Å². The van der Waals surface area contributed by atoms with Crippen LogP contribution in [0.15, 0.2) is 25.3 Å². The SMILES string of the molecule is [B]P1(=O)OCC2OC(n3cnc4c(N)ncnc43)C(O)C2OP(=O)(SOC)OCC2OC(n3cnc4c(N)ncnc43)C(F)C2O1. The lowest BCUT2D eigenvalue weighted by Gasteiger charge is -2.29. The van der Waals surface area contributed by atoms with Gasteiger partial charge in [0, 0.05) is 0 Å². The van der Waals surface area contributed by atoms with Crippen molar-refractivity contribution >= 4 is 67.5 Å². The highest BCUT2D eigenvalue weighted by molar-refractivity contribution is 8.52. The van der Waals surface area contributed by atoms with Crippen molar-refractivity contribution in [3.05, 3.63) is 25.3 Å². The molecular weight excluding hydrogens is 676 g/mol. The molecule has 7 rings (SSSR count). The molecule has 10 unspecified atom stereocenters. The first-order valence-electron chi connectivity index (χ1n) is 13.3. The molecule has 0 amide bonds. The Kier molecular flexibility index (Phi) is 8.29. The highest BCUT2D eigenvalue weighted by Gasteiger charge is 2.54. The number of halogens is 1. The van der Waals surface area contributed by atoms with Crippen LogP contribution in [0.5, 0.6) is 0 Å². The second kappa shape index (κ2) is 12.0. The van der Waals surface area contributed by atoms with Gasteiger partial charge in [0.05, 0.1) is 33.0 Å². The Morgan fingerprint density at radius 1 is 0.913 bits per heavy atom. The monoisotopic (exact) mass is 700 g/mol. The van der Waals surface area contributed by atoms with Gasteiger partial charge in [-0.2, -0.15) is 0 Å². The zero-order valence-corrected chi connectivity index (χ0v) is 26.1. The van der Waals surface area contributed by atoms with Gasteiger partial charge >= 0.3 is 6.80 Å². The first-order chi connectivity index (χ1) is 22.0. The van der Waals surface area contributed by atoms with E-state index in [1.54, 1.807) is 0 Å². The van der Waals surface area contributed by atoms with Gasteiger partial charge in [-0.1, -0.05) is 0 Å². The summed E-state index contributed by atoms with van der Waals surface area (Å²) in [7, 11) is 2.55. The lowest BCUT2D eigenvalue weighted by molar-refractivity contribution is -0.0558. The van der Waals surface area contributed by atoms with E-state index in [0.29, 0.717) is 11.7 Å². The number of nitrogens with two attached hydrogens (primary N) is 2. The largest absolute Gasteiger partial charge is 0.416 e. The van der Waals surface area contributed by atoms with Crippen LogP contribution in [0.3, 0.4) is 0 Å². The second-order valence-corrected chi connectivity index (χ2v) is 15.4. The maximum absolute atomic E-state index is 16.1. The Bertz CT molecular complexity index is 1880. The van der Waals surface area contributed by atoms with Gasteiger partial charge < -0.3 is 39.3 Å². The summed E-state index contributed by atoms with van der Waals surface area (Å²) in [6, 6.07) is 0. The molecule has 0 saturated carbocycles. The van der Waals surface area contributed by atoms with E-state index in [-0.39, 0.29) is 34.0 Å². The molecule has 3 fully saturated rings. The van der Waals surface area contributed by atoms with E-state index < -0.39 is 76.6 Å². The van der Waals surface area contributed by atoms with Crippen LogP contribution in [0.1, 0.15) is 12.5 Å². The van der Waals surface area contributed by atoms with Gasteiger partial charge in [-0.25, -0.2) is 38.9 Å². The third-order valence-electron chi connectivity index (χ3n) is 7.40. The molecule has 0 aromatic carbocycles. The summed E-state index contributed by atoms with van der Waals surface area (Å²) < 4.78 is 85.3. The molecule has 7 heterocycles. The second-order valence-electron chi connectivity index (χ2n) is 10.2. The van der Waals surface area contributed by atoms with Gasteiger partial charge in [0.1, 0.15) is 65.9 Å². The van der Waals surface area contributed by atoms with Crippen LogP contribution in [0.25, 0.3) is 22.3 Å². The molecule has 5 N–H and O–H groups in total. The molecule has 46 heavy (non-hydrogen) atoms. The summed E-state index contributed by atoms with van der Waals surface area (Å²) in [5.74, 6) is 0.131. The van der Waals surface area contributed by atoms with Crippen LogP contribution in [0, 0.1) is 0 Å². The number of alkyl halides is 1. The lowest BCUT2D eigenvalue weighted by atomic mass is 10.1. The minimum Gasteiger partial charge on any atom is -0.386 e. The third kappa shape index (κ3) is 5.58. The van der Waals surface area contributed by atoms with Gasteiger partial charge in [0.2, 0.25) is 7.57 Å². The normalized spacial score (nSPS) is 37.1. The molecule has 20 nitrogen and oxygen atoms in total. The number of ether oxygens (including phenoxy) is 2. The number of hydrogen-bond donors (Lipinski definition) is 3. The predicted octanol–water partition coefficient (Wildman–Crippen LogP) is 0.821. The van der Waals surface area contributed by atoms with E-state index in [1.165, 1.54) is 35.2 Å². The van der Waals surface area contributed by atoms with Crippen LogP contribution in [-0.4, -0.2) is 109 Å². The maximum atomic E-state index is 16.1. The summed E-state index contributed by atoms with van der Waals surface area (Å²) >= 11 is 0.328. The quantitative estimate of drug-likeness (QED) is 0.151. The Morgan fingerprint density at radius 2 is 1.48 bits per heavy atom. The molecule has 3 aliphatic rings. The van der Waals surface area contributed by atoms with Crippen molar-refractivity contribution in [1.29, 1.82) is 0 Å². The standard InChI is InChI=1S/C21H24BFN10O10P2S/c1-37-46-45(36)39-3-8-14(10(23)20(40-8)32-6-30-11-16(24)26-4-28-18(11)32)42-44(22,35)38-2-9-15(43-45)13(34)21(41-9)33-7-31-12-17(25)27-5-29-19(12)33/h4-10,13-15,20-21,34H,2-3H2,1H3,(H2,24,26,28)(H2,25,27,29). The smallest absolute Gasteiger partial charge is 0.386 e. The average molecular weight is 700 g/mol. The Hall–Kier alpha value is -2.82. The van der Waals surface area contributed by atoms with E-state index in [2.05, 4.69) is 29.9 Å². The Morgan fingerprint density at radius 3 is 2.11 bits per heavy atom. The van der Waals surface area contributed by atoms with Crippen molar-refractivity contribution in [2.45, 2.75) is 49.1 Å². The molecule has 3 saturated heterocycles. The molecule has 0 spiro atoms. The van der Waals surface area contributed by atoms with Crippen LogP contribution >= 0.6 is 25.9 Å². The summed E-state index contributed by atoms with van der Waals surface area (Å²) in [5.41, 5.74) is 12.5. The number of aliphatic hydroxyl groups excluding tert-OH is 1. The first-order valence-corrected chi connectivity index (χ1v) is 17.8. The molecule has 4 aromatic rings. The number of hydrogen-bond acceptors (Lipinski definition) is 19. The molecule has 0 bridgehead atoms. The van der Waals surface area contributed by atoms with Crippen LogP contribution < -0.4 is 11.5 Å². The number of nitrogens with zero attached hydrogens (tertiary/aromatic N) is 8. The number of aliphatic hydroxyl groups is 1. The summed E-state index contributed by atoms with van der Waals surface area (Å²) in [6.45, 7) is -5.62. The number of anilines is 2. The molecule has 2 radical (unpaired) electrons. The van der Waals surface area contributed by atoms with Gasteiger partial charge in [-0.15, -0.1) is 0 Å². The average Bonchev–Trinajstić information content (AvgIpc) is 3.77. The van der Waals surface area contributed by atoms with E-state index in [1.807, 2.05) is 0 Å². The van der Waals surface area contributed by atoms with E-state index >= 15 is 4.39 Å². The summed E-state index contributed by atoms with van der Waals surface area (Å²) in [6.07, 6.45) is -7.18. The lowest BCUT2D eigenvalue weighted by Crippen LogP contribution is -2.38. The van der Waals surface area contributed by atoms with E-state index in [4.69, 9.17) is 50.8 Å². The zero-order valence-electron chi connectivity index (χ0n) is 23.5. The fourth-order valence-electron chi connectivity index (χ4n) is 5.36. The van der Waals surface area contributed by atoms with Crippen molar-refractivity contribution in [1.82, 2.24) is 39.0 Å². The Balaban J connectivity index is 1.19. The van der Waals surface area contributed by atoms with E-state index in [0.717, 1.165) is 6.33 Å². The highest BCUT2D eigenvalue weighted by atomic mass is 32.7. The molecule has 10 atom stereocenters. The van der Waals surface area contributed by atoms with Crippen molar-refractivity contribution in [2.75, 3.05) is 31.8 Å². The minimum absolute atomic E-state index is 0.0496.